The van der Waals surface area contributed by atoms with Crippen molar-refractivity contribution in [3.05, 3.63) is 88.4 Å². The lowest BCUT2D eigenvalue weighted by atomic mass is 10.1. The second kappa shape index (κ2) is 9.46. The highest BCUT2D eigenvalue weighted by Crippen LogP contribution is 2.25. The van der Waals surface area contributed by atoms with E-state index in [-0.39, 0.29) is 11.8 Å². The van der Waals surface area contributed by atoms with Gasteiger partial charge in [0.25, 0.3) is 11.8 Å². The first-order valence-electron chi connectivity index (χ1n) is 9.55. The predicted molar refractivity (Wildman–Crippen MR) is 120 cm³/mol. The molecule has 2 N–H and O–H groups in total. The number of hydrogen-bond donors (Lipinski definition) is 2. The summed E-state index contributed by atoms with van der Waals surface area (Å²) < 4.78 is 5.65. The van der Waals surface area contributed by atoms with Gasteiger partial charge in [0, 0.05) is 5.69 Å². The molecule has 6 heteroatoms. The zero-order chi connectivity index (χ0) is 21.7. The molecule has 2 amide bonds. The van der Waals surface area contributed by atoms with E-state index in [1.54, 1.807) is 55.5 Å². The van der Waals surface area contributed by atoms with Gasteiger partial charge in [-0.1, -0.05) is 41.9 Å². The molecule has 0 aliphatic rings. The van der Waals surface area contributed by atoms with E-state index in [1.807, 2.05) is 32.0 Å². The minimum atomic E-state index is -0.805. The van der Waals surface area contributed by atoms with E-state index in [0.29, 0.717) is 27.7 Å². The molecule has 0 saturated carbocycles. The minimum Gasteiger partial charge on any atom is -0.479 e. The van der Waals surface area contributed by atoms with Crippen molar-refractivity contribution in [2.45, 2.75) is 26.9 Å². The second-order valence-corrected chi connectivity index (χ2v) is 7.39. The summed E-state index contributed by atoms with van der Waals surface area (Å²) in [6.45, 7) is 5.62. The summed E-state index contributed by atoms with van der Waals surface area (Å²) >= 11 is 6.09. The molecule has 0 bridgehead atoms. The number of para-hydroxylation sites is 2. The zero-order valence-corrected chi connectivity index (χ0v) is 17.8. The van der Waals surface area contributed by atoms with Gasteiger partial charge in [-0.2, -0.15) is 0 Å². The lowest BCUT2D eigenvalue weighted by Gasteiger charge is -2.17. The van der Waals surface area contributed by atoms with E-state index in [4.69, 9.17) is 16.3 Å². The molecule has 3 rings (SSSR count). The molecule has 154 valence electrons. The van der Waals surface area contributed by atoms with Gasteiger partial charge in [0.2, 0.25) is 0 Å². The lowest BCUT2D eigenvalue weighted by Crippen LogP contribution is -2.31. The van der Waals surface area contributed by atoms with Crippen LogP contribution in [0.2, 0.25) is 5.02 Å². The molecule has 5 nitrogen and oxygen atoms in total. The van der Waals surface area contributed by atoms with Crippen LogP contribution in [0, 0.1) is 13.8 Å². The fraction of sp³-hybridized carbons (Fsp3) is 0.167. The minimum absolute atomic E-state index is 0.311. The summed E-state index contributed by atoms with van der Waals surface area (Å²) in [5.41, 5.74) is 3.68. The Morgan fingerprint density at radius 2 is 1.60 bits per heavy atom. The van der Waals surface area contributed by atoms with Crippen LogP contribution in [0.15, 0.2) is 66.7 Å². The summed E-state index contributed by atoms with van der Waals surface area (Å²) in [6, 6.07) is 19.5. The van der Waals surface area contributed by atoms with Crippen LogP contribution in [0.1, 0.15) is 28.4 Å². The van der Waals surface area contributed by atoms with Gasteiger partial charge in [-0.15, -0.1) is 0 Å². The lowest BCUT2D eigenvalue weighted by molar-refractivity contribution is -0.122. The van der Waals surface area contributed by atoms with Crippen LogP contribution in [-0.4, -0.2) is 17.9 Å². The molecule has 0 radical (unpaired) electrons. The number of nitrogens with one attached hydrogen (secondary N) is 2. The number of anilines is 2. The van der Waals surface area contributed by atoms with Crippen molar-refractivity contribution in [2.75, 3.05) is 10.6 Å². The van der Waals surface area contributed by atoms with Crippen molar-refractivity contribution in [1.29, 1.82) is 0 Å². The first-order chi connectivity index (χ1) is 14.3. The summed E-state index contributed by atoms with van der Waals surface area (Å²) in [6.07, 6.45) is -0.805. The van der Waals surface area contributed by atoms with Crippen LogP contribution >= 0.6 is 11.6 Å². The molecule has 0 heterocycles. The number of aryl methyl sites for hydroxylation is 2. The fourth-order valence-electron chi connectivity index (χ4n) is 2.83. The first-order valence-corrected chi connectivity index (χ1v) is 9.92. The van der Waals surface area contributed by atoms with Crippen LogP contribution in [0.25, 0.3) is 0 Å². The maximum absolute atomic E-state index is 12.8. The van der Waals surface area contributed by atoms with Gasteiger partial charge in [-0.25, -0.2) is 0 Å². The van der Waals surface area contributed by atoms with Crippen molar-refractivity contribution in [2.24, 2.45) is 0 Å². The monoisotopic (exact) mass is 422 g/mol. The van der Waals surface area contributed by atoms with E-state index in [9.17, 15) is 9.59 Å². The van der Waals surface area contributed by atoms with Crippen molar-refractivity contribution in [3.8, 4) is 5.75 Å². The molecule has 0 fully saturated rings. The molecule has 3 aromatic carbocycles. The number of rotatable bonds is 6. The van der Waals surface area contributed by atoms with Crippen LogP contribution in [-0.2, 0) is 4.79 Å². The van der Waals surface area contributed by atoms with Gasteiger partial charge >= 0.3 is 0 Å². The fourth-order valence-corrected chi connectivity index (χ4v) is 3.01. The van der Waals surface area contributed by atoms with Crippen molar-refractivity contribution in [3.63, 3.8) is 0 Å². The average Bonchev–Trinajstić information content (AvgIpc) is 2.72. The largest absolute Gasteiger partial charge is 0.479 e. The smallest absolute Gasteiger partial charge is 0.265 e. The summed E-state index contributed by atoms with van der Waals surface area (Å²) in [4.78, 5) is 25.4. The maximum Gasteiger partial charge on any atom is 0.265 e. The highest BCUT2D eigenvalue weighted by atomic mass is 35.5. The SMILES string of the molecule is Cc1ccc(NC(=O)c2ccccc2NC(=O)C(C)Oc2ccccc2Cl)cc1C. The van der Waals surface area contributed by atoms with Crippen molar-refractivity contribution >= 4 is 34.8 Å². The predicted octanol–water partition coefficient (Wildman–Crippen LogP) is 5.62. The molecular formula is C24H23ClN2O3. The Morgan fingerprint density at radius 3 is 2.33 bits per heavy atom. The first kappa shape index (κ1) is 21.4. The molecule has 30 heavy (non-hydrogen) atoms. The third kappa shape index (κ3) is 5.19. The number of benzene rings is 3. The molecule has 1 atom stereocenters. The number of hydrogen-bond acceptors (Lipinski definition) is 3. The number of amides is 2. The second-order valence-electron chi connectivity index (χ2n) is 6.98. The van der Waals surface area contributed by atoms with Crippen LogP contribution in [0.5, 0.6) is 5.75 Å². The van der Waals surface area contributed by atoms with Crippen LogP contribution < -0.4 is 15.4 Å². The van der Waals surface area contributed by atoms with Gasteiger partial charge in [0.1, 0.15) is 5.75 Å². The highest BCUT2D eigenvalue weighted by Gasteiger charge is 2.19. The Bertz CT molecular complexity index is 1080. The Morgan fingerprint density at radius 1 is 0.900 bits per heavy atom. The molecule has 0 spiro atoms. The molecule has 3 aromatic rings. The third-order valence-electron chi connectivity index (χ3n) is 4.70. The number of carbonyl (C=O) groups excluding carboxylic acids is 2. The molecule has 0 saturated heterocycles. The van der Waals surface area contributed by atoms with E-state index < -0.39 is 6.10 Å². The molecule has 0 aliphatic carbocycles. The summed E-state index contributed by atoms with van der Waals surface area (Å²) in [5.74, 6) is -0.280. The van der Waals surface area contributed by atoms with Crippen LogP contribution in [0.4, 0.5) is 11.4 Å². The van der Waals surface area contributed by atoms with Crippen LogP contribution in [0.3, 0.4) is 0 Å². The third-order valence-corrected chi connectivity index (χ3v) is 5.02. The Labute approximate surface area is 181 Å². The number of ether oxygens (including phenoxy) is 1. The average molecular weight is 423 g/mol. The van der Waals surface area contributed by atoms with Gasteiger partial charge < -0.3 is 15.4 Å². The maximum atomic E-state index is 12.8. The van der Waals surface area contributed by atoms with Gasteiger partial charge in [-0.05, 0) is 68.3 Å². The molecule has 1 unspecified atom stereocenters. The van der Waals surface area contributed by atoms with E-state index in [2.05, 4.69) is 10.6 Å². The molecule has 0 aliphatic heterocycles. The van der Waals surface area contributed by atoms with Gasteiger partial charge in [0.15, 0.2) is 6.10 Å². The van der Waals surface area contributed by atoms with E-state index in [0.717, 1.165) is 11.1 Å². The van der Waals surface area contributed by atoms with Crippen molar-refractivity contribution < 1.29 is 14.3 Å². The molecular weight excluding hydrogens is 400 g/mol. The quantitative estimate of drug-likeness (QED) is 0.542. The van der Waals surface area contributed by atoms with Gasteiger partial charge in [-0.3, -0.25) is 9.59 Å². The van der Waals surface area contributed by atoms with E-state index in [1.165, 1.54) is 0 Å². The Kier molecular flexibility index (Phi) is 6.75. The number of halogens is 1. The number of carbonyl (C=O) groups is 2. The molecule has 0 aromatic heterocycles. The summed E-state index contributed by atoms with van der Waals surface area (Å²) in [7, 11) is 0. The Balaban J connectivity index is 1.72. The topological polar surface area (TPSA) is 67.4 Å². The Hall–Kier alpha value is -3.31. The van der Waals surface area contributed by atoms with Gasteiger partial charge in [0.05, 0.1) is 16.3 Å². The standard InChI is InChI=1S/C24H23ClN2O3/c1-15-12-13-18(14-16(15)2)26-24(29)19-8-4-6-10-21(19)27-23(28)17(3)30-22-11-7-5-9-20(22)25/h4-14,17H,1-3H3,(H,26,29)(H,27,28). The van der Waals surface area contributed by atoms with E-state index >= 15 is 0 Å². The zero-order valence-electron chi connectivity index (χ0n) is 17.0. The summed E-state index contributed by atoms with van der Waals surface area (Å²) in [5, 5.41) is 6.07. The normalized spacial score (nSPS) is 11.5. The van der Waals surface area contributed by atoms with Crippen molar-refractivity contribution in [1.82, 2.24) is 0 Å². The highest BCUT2D eigenvalue weighted by molar-refractivity contribution is 6.32.